The van der Waals surface area contributed by atoms with Gasteiger partial charge in [-0.15, -0.1) is 0 Å². The maximum atomic E-state index is 9.42. The van der Waals surface area contributed by atoms with Crippen LogP contribution in [0.4, 0.5) is 0 Å². The van der Waals surface area contributed by atoms with Gasteiger partial charge < -0.3 is 4.90 Å². The van der Waals surface area contributed by atoms with Gasteiger partial charge in [-0.2, -0.15) is 5.26 Å². The first kappa shape index (κ1) is 16.4. The quantitative estimate of drug-likeness (QED) is 0.794. The topological polar surface area (TPSA) is 42.3 Å². The second kappa shape index (κ2) is 7.23. The van der Waals surface area contributed by atoms with Gasteiger partial charge in [0.05, 0.1) is 6.07 Å². The average molecular weight is 266 g/mol. The first-order valence-corrected chi connectivity index (χ1v) is 7.55. The van der Waals surface area contributed by atoms with E-state index in [4.69, 9.17) is 0 Å². The maximum Gasteiger partial charge on any atom is 0.105 e. The van der Waals surface area contributed by atoms with E-state index >= 15 is 0 Å². The Kier molecular flexibility index (Phi) is 6.25. The smallest absolute Gasteiger partial charge is 0.105 e. The van der Waals surface area contributed by atoms with Gasteiger partial charge in [-0.25, -0.2) is 0 Å². The summed E-state index contributed by atoms with van der Waals surface area (Å²) in [7, 11) is 0. The Bertz CT molecular complexity index is 302. The highest BCUT2D eigenvalue weighted by molar-refractivity contribution is 5.06. The van der Waals surface area contributed by atoms with Crippen LogP contribution in [-0.2, 0) is 0 Å². The molecule has 1 aliphatic rings. The van der Waals surface area contributed by atoms with Crippen molar-refractivity contribution < 1.29 is 0 Å². The third-order valence-corrected chi connectivity index (χ3v) is 4.04. The summed E-state index contributed by atoms with van der Waals surface area (Å²) >= 11 is 0. The van der Waals surface area contributed by atoms with Gasteiger partial charge in [0.15, 0.2) is 0 Å². The number of nitriles is 1. The monoisotopic (exact) mass is 266 g/mol. The summed E-state index contributed by atoms with van der Waals surface area (Å²) in [4.78, 5) is 5.00. The molecule has 4 heteroatoms. The van der Waals surface area contributed by atoms with Gasteiger partial charge in [0, 0.05) is 38.3 Å². The van der Waals surface area contributed by atoms with E-state index in [1.54, 1.807) is 0 Å². The summed E-state index contributed by atoms with van der Waals surface area (Å²) in [5.74, 6) is 0. The molecule has 19 heavy (non-hydrogen) atoms. The molecule has 0 aromatic carbocycles. The Balaban J connectivity index is 2.50. The Hall–Kier alpha value is -0.630. The minimum Gasteiger partial charge on any atom is -0.301 e. The van der Waals surface area contributed by atoms with E-state index in [1.165, 1.54) is 0 Å². The van der Waals surface area contributed by atoms with Crippen LogP contribution in [0.3, 0.4) is 0 Å². The number of nitrogens with zero attached hydrogens (tertiary/aromatic N) is 3. The van der Waals surface area contributed by atoms with Crippen molar-refractivity contribution in [1.82, 2.24) is 15.1 Å². The van der Waals surface area contributed by atoms with Crippen LogP contribution in [0.15, 0.2) is 0 Å². The van der Waals surface area contributed by atoms with E-state index < -0.39 is 5.54 Å². The molecule has 1 heterocycles. The van der Waals surface area contributed by atoms with E-state index in [-0.39, 0.29) is 0 Å². The number of piperazine rings is 1. The molecule has 0 radical (unpaired) electrons. The maximum absolute atomic E-state index is 9.42. The fourth-order valence-electron chi connectivity index (χ4n) is 3.01. The Morgan fingerprint density at radius 1 is 1.21 bits per heavy atom. The molecule has 1 N–H and O–H groups in total. The van der Waals surface area contributed by atoms with Crippen molar-refractivity contribution in [2.45, 2.75) is 58.7 Å². The number of hydrogen-bond acceptors (Lipinski definition) is 4. The zero-order valence-electron chi connectivity index (χ0n) is 13.2. The van der Waals surface area contributed by atoms with Crippen molar-refractivity contribution in [3.05, 3.63) is 0 Å². The summed E-state index contributed by atoms with van der Waals surface area (Å²) in [6.45, 7) is 16.4. The molecular formula is C15H30N4. The Morgan fingerprint density at radius 3 is 2.21 bits per heavy atom. The highest BCUT2D eigenvalue weighted by Crippen LogP contribution is 2.18. The molecule has 0 saturated carbocycles. The van der Waals surface area contributed by atoms with Crippen LogP contribution in [0.1, 0.15) is 41.0 Å². The molecule has 1 saturated heterocycles. The third-order valence-electron chi connectivity index (χ3n) is 4.04. The molecule has 0 aliphatic carbocycles. The summed E-state index contributed by atoms with van der Waals surface area (Å²) in [5.41, 5.74) is -0.421. The summed E-state index contributed by atoms with van der Waals surface area (Å²) < 4.78 is 0. The lowest BCUT2D eigenvalue weighted by atomic mass is 9.93. The van der Waals surface area contributed by atoms with E-state index in [0.29, 0.717) is 12.1 Å². The molecule has 0 aromatic rings. The van der Waals surface area contributed by atoms with Crippen LogP contribution < -0.4 is 5.32 Å². The van der Waals surface area contributed by atoms with Crippen molar-refractivity contribution in [3.63, 3.8) is 0 Å². The van der Waals surface area contributed by atoms with Crippen LogP contribution in [-0.4, -0.2) is 60.1 Å². The Morgan fingerprint density at radius 2 is 1.79 bits per heavy atom. The van der Waals surface area contributed by atoms with Crippen molar-refractivity contribution in [2.75, 3.05) is 32.7 Å². The van der Waals surface area contributed by atoms with Crippen molar-refractivity contribution in [2.24, 2.45) is 0 Å². The molecular weight excluding hydrogens is 236 g/mol. The van der Waals surface area contributed by atoms with Gasteiger partial charge in [-0.1, -0.05) is 6.92 Å². The molecule has 0 aromatic heterocycles. The molecule has 0 bridgehead atoms. The van der Waals surface area contributed by atoms with Crippen LogP contribution in [0.5, 0.6) is 0 Å². The molecule has 1 aliphatic heterocycles. The highest BCUT2D eigenvalue weighted by atomic mass is 15.3. The lowest BCUT2D eigenvalue weighted by molar-refractivity contribution is 0.0928. The van der Waals surface area contributed by atoms with Crippen LogP contribution in [0, 0.1) is 11.3 Å². The highest BCUT2D eigenvalue weighted by Gasteiger charge is 2.30. The molecule has 0 spiro atoms. The number of hydrogen-bond donors (Lipinski definition) is 1. The number of nitrogens with one attached hydrogen (secondary N) is 1. The van der Waals surface area contributed by atoms with Crippen LogP contribution >= 0.6 is 0 Å². The second-order valence-corrected chi connectivity index (χ2v) is 6.27. The SMILES string of the molecule is CCN1CCN(C(C)CC(C)(C#N)NC(C)C)CC1. The summed E-state index contributed by atoms with van der Waals surface area (Å²) in [5, 5.41) is 12.8. The van der Waals surface area contributed by atoms with Gasteiger partial charge in [-0.05, 0) is 40.7 Å². The largest absolute Gasteiger partial charge is 0.301 e. The van der Waals surface area contributed by atoms with E-state index in [1.807, 2.05) is 6.92 Å². The van der Waals surface area contributed by atoms with Crippen LogP contribution in [0.25, 0.3) is 0 Å². The summed E-state index contributed by atoms with van der Waals surface area (Å²) in [6, 6.07) is 3.25. The predicted octanol–water partition coefficient (Wildman–Crippen LogP) is 1.68. The fourth-order valence-corrected chi connectivity index (χ4v) is 3.01. The van der Waals surface area contributed by atoms with Crippen molar-refractivity contribution >= 4 is 0 Å². The van der Waals surface area contributed by atoms with Gasteiger partial charge in [-0.3, -0.25) is 10.2 Å². The second-order valence-electron chi connectivity index (χ2n) is 6.27. The van der Waals surface area contributed by atoms with E-state index in [9.17, 15) is 5.26 Å². The molecule has 1 rings (SSSR count). The Labute approximate surface area is 118 Å². The average Bonchev–Trinajstić information content (AvgIpc) is 2.37. The molecule has 0 amide bonds. The zero-order chi connectivity index (χ0) is 14.5. The fraction of sp³-hybridized carbons (Fsp3) is 0.933. The first-order valence-electron chi connectivity index (χ1n) is 7.55. The van der Waals surface area contributed by atoms with Gasteiger partial charge >= 0.3 is 0 Å². The van der Waals surface area contributed by atoms with Crippen molar-refractivity contribution in [1.29, 1.82) is 5.26 Å². The van der Waals surface area contributed by atoms with E-state index in [0.717, 1.165) is 39.1 Å². The minimum atomic E-state index is -0.421. The normalized spacial score (nSPS) is 23.0. The molecule has 2 atom stereocenters. The third kappa shape index (κ3) is 5.10. The van der Waals surface area contributed by atoms with Crippen LogP contribution in [0.2, 0.25) is 0 Å². The molecule has 4 nitrogen and oxygen atoms in total. The van der Waals surface area contributed by atoms with E-state index in [2.05, 4.69) is 48.9 Å². The summed E-state index contributed by atoms with van der Waals surface area (Å²) in [6.07, 6.45) is 0.883. The lowest BCUT2D eigenvalue weighted by Gasteiger charge is -2.40. The standard InChI is InChI=1S/C15H30N4/c1-6-18-7-9-19(10-8-18)14(4)11-15(5,12-16)17-13(2)3/h13-14,17H,6-11H2,1-5H3. The lowest BCUT2D eigenvalue weighted by Crippen LogP contribution is -2.53. The first-order chi connectivity index (χ1) is 8.90. The minimum absolute atomic E-state index is 0.341. The van der Waals surface area contributed by atoms with Crippen molar-refractivity contribution in [3.8, 4) is 6.07 Å². The predicted molar refractivity (Wildman–Crippen MR) is 80.1 cm³/mol. The molecule has 110 valence electrons. The molecule has 2 unspecified atom stereocenters. The van der Waals surface area contributed by atoms with Gasteiger partial charge in [0.1, 0.15) is 5.54 Å². The van der Waals surface area contributed by atoms with Gasteiger partial charge in [0.2, 0.25) is 0 Å². The molecule has 1 fully saturated rings. The zero-order valence-corrected chi connectivity index (χ0v) is 13.2. The number of rotatable bonds is 6. The number of likely N-dealkylation sites (N-methyl/N-ethyl adjacent to an activating group) is 1. The van der Waals surface area contributed by atoms with Gasteiger partial charge in [0.25, 0.3) is 0 Å².